The molecule has 0 unspecified atom stereocenters. The van der Waals surface area contributed by atoms with Gasteiger partial charge in [0.15, 0.2) is 0 Å². The fourth-order valence-electron chi connectivity index (χ4n) is 2.05. The number of ether oxygens (including phenoxy) is 1. The molecule has 0 aliphatic heterocycles. The van der Waals surface area contributed by atoms with Crippen molar-refractivity contribution in [1.29, 1.82) is 0 Å². The lowest BCUT2D eigenvalue weighted by Gasteiger charge is -2.13. The van der Waals surface area contributed by atoms with Crippen LogP contribution in [0.15, 0.2) is 47.4 Å². The van der Waals surface area contributed by atoms with Crippen LogP contribution < -0.4 is 10.5 Å². The van der Waals surface area contributed by atoms with E-state index in [1.807, 2.05) is 24.3 Å². The highest BCUT2D eigenvalue weighted by Gasteiger charge is 2.09. The maximum Gasteiger partial charge on any atom is 0.133 e. The van der Waals surface area contributed by atoms with Crippen LogP contribution in [0.3, 0.4) is 0 Å². The summed E-state index contributed by atoms with van der Waals surface area (Å²) in [4.78, 5) is 1.21. The van der Waals surface area contributed by atoms with Crippen LogP contribution in [0.2, 0.25) is 0 Å². The van der Waals surface area contributed by atoms with Crippen LogP contribution >= 0.6 is 11.8 Å². The fraction of sp³-hybridized carbons (Fsp3) is 0.294. The minimum Gasteiger partial charge on any atom is -0.457 e. The van der Waals surface area contributed by atoms with E-state index in [1.165, 1.54) is 10.5 Å². The van der Waals surface area contributed by atoms with Crippen molar-refractivity contribution < 1.29 is 4.74 Å². The fourth-order valence-corrected chi connectivity index (χ4v) is 2.90. The quantitative estimate of drug-likeness (QED) is 0.788. The van der Waals surface area contributed by atoms with Crippen LogP contribution in [-0.4, -0.2) is 5.75 Å². The van der Waals surface area contributed by atoms with Crippen molar-refractivity contribution in [1.82, 2.24) is 0 Å². The van der Waals surface area contributed by atoms with Crippen LogP contribution in [-0.2, 0) is 13.0 Å². The van der Waals surface area contributed by atoms with Gasteiger partial charge in [-0.3, -0.25) is 0 Å². The largest absolute Gasteiger partial charge is 0.457 e. The van der Waals surface area contributed by atoms with Crippen molar-refractivity contribution in [2.75, 3.05) is 5.75 Å². The SMILES string of the molecule is CCSc1cccc(Oc2ccc(CC)cc2)c1CN. The Bertz CT molecular complexity index is 551. The Morgan fingerprint density at radius 3 is 2.40 bits per heavy atom. The van der Waals surface area contributed by atoms with Gasteiger partial charge in [0.25, 0.3) is 0 Å². The van der Waals surface area contributed by atoms with Crippen molar-refractivity contribution in [3.05, 3.63) is 53.6 Å². The molecule has 0 saturated carbocycles. The summed E-state index contributed by atoms with van der Waals surface area (Å²) in [6.07, 6.45) is 1.04. The van der Waals surface area contributed by atoms with E-state index in [-0.39, 0.29) is 0 Å². The Hall–Kier alpha value is -1.45. The van der Waals surface area contributed by atoms with Gasteiger partial charge in [0.1, 0.15) is 11.5 Å². The average molecular weight is 287 g/mol. The summed E-state index contributed by atoms with van der Waals surface area (Å²) in [5.41, 5.74) is 8.28. The van der Waals surface area contributed by atoms with Gasteiger partial charge in [-0.05, 0) is 42.0 Å². The number of aryl methyl sites for hydroxylation is 1. The molecule has 2 aromatic rings. The van der Waals surface area contributed by atoms with Gasteiger partial charge in [-0.2, -0.15) is 0 Å². The monoisotopic (exact) mass is 287 g/mol. The van der Waals surface area contributed by atoms with E-state index in [9.17, 15) is 0 Å². The zero-order chi connectivity index (χ0) is 14.4. The van der Waals surface area contributed by atoms with Gasteiger partial charge in [-0.1, -0.05) is 32.0 Å². The molecule has 0 saturated heterocycles. The molecule has 106 valence electrons. The molecule has 20 heavy (non-hydrogen) atoms. The molecule has 0 amide bonds. The third kappa shape index (κ3) is 3.56. The zero-order valence-electron chi connectivity index (χ0n) is 12.1. The van der Waals surface area contributed by atoms with Crippen molar-refractivity contribution in [3.8, 4) is 11.5 Å². The van der Waals surface area contributed by atoms with Gasteiger partial charge < -0.3 is 10.5 Å². The van der Waals surface area contributed by atoms with Gasteiger partial charge in [0, 0.05) is 17.0 Å². The number of hydrogen-bond donors (Lipinski definition) is 1. The van der Waals surface area contributed by atoms with E-state index >= 15 is 0 Å². The third-order valence-electron chi connectivity index (χ3n) is 3.15. The highest BCUT2D eigenvalue weighted by Crippen LogP contribution is 2.32. The first-order valence-electron chi connectivity index (χ1n) is 7.00. The maximum atomic E-state index is 5.99. The summed E-state index contributed by atoms with van der Waals surface area (Å²) in [5.74, 6) is 2.74. The molecule has 2 nitrogen and oxygen atoms in total. The lowest BCUT2D eigenvalue weighted by molar-refractivity contribution is 0.474. The first-order valence-corrected chi connectivity index (χ1v) is 7.98. The number of rotatable bonds is 6. The average Bonchev–Trinajstić information content (AvgIpc) is 2.49. The summed E-state index contributed by atoms with van der Waals surface area (Å²) in [6, 6.07) is 14.3. The highest BCUT2D eigenvalue weighted by atomic mass is 32.2. The standard InChI is InChI=1S/C17H21NOS/c1-3-13-8-10-14(11-9-13)19-16-6-5-7-17(20-4-2)15(16)12-18/h5-11H,3-4,12,18H2,1-2H3. The number of nitrogens with two attached hydrogens (primary N) is 1. The smallest absolute Gasteiger partial charge is 0.133 e. The predicted octanol–water partition coefficient (Wildman–Crippen LogP) is 4.61. The Balaban J connectivity index is 2.25. The van der Waals surface area contributed by atoms with Gasteiger partial charge in [-0.15, -0.1) is 11.8 Å². The van der Waals surface area contributed by atoms with Crippen LogP contribution in [0.4, 0.5) is 0 Å². The minimum atomic E-state index is 0.492. The molecule has 2 N–H and O–H groups in total. The van der Waals surface area contributed by atoms with Gasteiger partial charge in [0.05, 0.1) is 0 Å². The first kappa shape index (κ1) is 14.9. The second-order valence-electron chi connectivity index (χ2n) is 4.47. The van der Waals surface area contributed by atoms with E-state index in [2.05, 4.69) is 32.0 Å². The molecule has 0 aliphatic carbocycles. The van der Waals surface area contributed by atoms with Gasteiger partial charge >= 0.3 is 0 Å². The van der Waals surface area contributed by atoms with Crippen LogP contribution in [0, 0.1) is 0 Å². The van der Waals surface area contributed by atoms with Gasteiger partial charge in [0.2, 0.25) is 0 Å². The molecular formula is C17H21NOS. The summed E-state index contributed by atoms with van der Waals surface area (Å²) in [7, 11) is 0. The number of hydrogen-bond acceptors (Lipinski definition) is 3. The lowest BCUT2D eigenvalue weighted by Crippen LogP contribution is -2.01. The normalized spacial score (nSPS) is 10.6. The highest BCUT2D eigenvalue weighted by molar-refractivity contribution is 7.99. The Kier molecular flexibility index (Phi) is 5.50. The maximum absolute atomic E-state index is 5.99. The molecule has 2 aromatic carbocycles. The molecule has 0 bridgehead atoms. The molecule has 0 fully saturated rings. The second kappa shape index (κ2) is 7.36. The number of benzene rings is 2. The predicted molar refractivity (Wildman–Crippen MR) is 86.6 cm³/mol. The zero-order valence-corrected chi connectivity index (χ0v) is 12.9. The molecule has 0 heterocycles. The van der Waals surface area contributed by atoms with Crippen molar-refractivity contribution >= 4 is 11.8 Å². The van der Waals surface area contributed by atoms with E-state index in [4.69, 9.17) is 10.5 Å². The summed E-state index contributed by atoms with van der Waals surface area (Å²) >= 11 is 1.80. The molecule has 0 aliphatic rings. The molecular weight excluding hydrogens is 266 g/mol. The topological polar surface area (TPSA) is 35.2 Å². The lowest BCUT2D eigenvalue weighted by atomic mass is 10.1. The molecule has 0 radical (unpaired) electrons. The van der Waals surface area contributed by atoms with E-state index in [1.54, 1.807) is 11.8 Å². The first-order chi connectivity index (χ1) is 9.78. The van der Waals surface area contributed by atoms with E-state index in [0.717, 1.165) is 29.2 Å². The Labute approximate surface area is 125 Å². The Morgan fingerprint density at radius 1 is 1.05 bits per heavy atom. The molecule has 0 spiro atoms. The Morgan fingerprint density at radius 2 is 1.80 bits per heavy atom. The third-order valence-corrected chi connectivity index (χ3v) is 4.14. The van der Waals surface area contributed by atoms with E-state index in [0.29, 0.717) is 6.54 Å². The summed E-state index contributed by atoms with van der Waals surface area (Å²) in [6.45, 7) is 4.78. The second-order valence-corrected chi connectivity index (χ2v) is 5.78. The van der Waals surface area contributed by atoms with Gasteiger partial charge in [-0.25, -0.2) is 0 Å². The van der Waals surface area contributed by atoms with Crippen molar-refractivity contribution in [3.63, 3.8) is 0 Å². The van der Waals surface area contributed by atoms with Crippen molar-refractivity contribution in [2.45, 2.75) is 31.7 Å². The van der Waals surface area contributed by atoms with Crippen LogP contribution in [0.25, 0.3) is 0 Å². The molecule has 2 rings (SSSR count). The summed E-state index contributed by atoms with van der Waals surface area (Å²) < 4.78 is 5.99. The number of thioether (sulfide) groups is 1. The van der Waals surface area contributed by atoms with Crippen molar-refractivity contribution in [2.24, 2.45) is 5.73 Å². The minimum absolute atomic E-state index is 0.492. The van der Waals surface area contributed by atoms with Crippen LogP contribution in [0.1, 0.15) is 25.0 Å². The summed E-state index contributed by atoms with van der Waals surface area (Å²) in [5, 5.41) is 0. The van der Waals surface area contributed by atoms with Crippen LogP contribution in [0.5, 0.6) is 11.5 Å². The molecule has 0 aromatic heterocycles. The van der Waals surface area contributed by atoms with E-state index < -0.39 is 0 Å². The molecule has 3 heteroatoms. The molecule has 0 atom stereocenters.